The molecule has 2 aromatic heterocycles. The van der Waals surface area contributed by atoms with Crippen molar-refractivity contribution in [1.29, 1.82) is 0 Å². The fourth-order valence-electron chi connectivity index (χ4n) is 2.95. The molecular formula is C18H13F2N5O3. The number of rotatable bonds is 3. The summed E-state index contributed by atoms with van der Waals surface area (Å²) >= 11 is 0. The minimum absolute atomic E-state index is 0.0257. The molecule has 0 aliphatic carbocycles. The van der Waals surface area contributed by atoms with Crippen molar-refractivity contribution in [3.05, 3.63) is 80.6 Å². The number of hydrogen-bond donors (Lipinski definition) is 1. The molecule has 0 fully saturated rings. The number of hydrogen-bond acceptors (Lipinski definition) is 5. The van der Waals surface area contributed by atoms with Crippen LogP contribution in [0.3, 0.4) is 0 Å². The lowest BCUT2D eigenvalue weighted by molar-refractivity contribution is 0.158. The van der Waals surface area contributed by atoms with Gasteiger partial charge in [0.2, 0.25) is 0 Å². The van der Waals surface area contributed by atoms with Crippen LogP contribution in [0.1, 0.15) is 5.56 Å². The zero-order chi connectivity index (χ0) is 20.0. The summed E-state index contributed by atoms with van der Waals surface area (Å²) < 4.78 is 29.6. The molecule has 10 heteroatoms. The van der Waals surface area contributed by atoms with Gasteiger partial charge >= 0.3 is 5.69 Å². The van der Waals surface area contributed by atoms with Crippen molar-refractivity contribution in [1.82, 2.24) is 24.3 Å². The van der Waals surface area contributed by atoms with Gasteiger partial charge in [0.15, 0.2) is 0 Å². The fraction of sp³-hybridized carbons (Fsp3) is 0.111. The second-order valence-electron chi connectivity index (χ2n) is 6.23. The van der Waals surface area contributed by atoms with Gasteiger partial charge in [0.25, 0.3) is 5.56 Å². The fourth-order valence-corrected chi connectivity index (χ4v) is 2.95. The summed E-state index contributed by atoms with van der Waals surface area (Å²) in [7, 11) is 1.43. The van der Waals surface area contributed by atoms with Gasteiger partial charge in [0.05, 0.1) is 23.6 Å². The minimum Gasteiger partial charge on any atom is -0.421 e. The molecule has 0 aliphatic rings. The van der Waals surface area contributed by atoms with Crippen molar-refractivity contribution in [3.8, 4) is 11.3 Å². The van der Waals surface area contributed by atoms with E-state index in [1.54, 1.807) is 12.1 Å². The van der Waals surface area contributed by atoms with Crippen molar-refractivity contribution < 1.29 is 14.0 Å². The molecule has 0 amide bonds. The first-order valence-corrected chi connectivity index (χ1v) is 8.14. The van der Waals surface area contributed by atoms with Crippen LogP contribution in [-0.2, 0) is 13.6 Å². The molecule has 4 aromatic rings. The normalized spacial score (nSPS) is 11.2. The molecule has 4 rings (SSSR count). The van der Waals surface area contributed by atoms with Crippen LogP contribution >= 0.6 is 0 Å². The molecule has 28 heavy (non-hydrogen) atoms. The Labute approximate surface area is 155 Å². The predicted octanol–water partition coefficient (Wildman–Crippen LogP) is 1.52. The second-order valence-corrected chi connectivity index (χ2v) is 6.23. The zero-order valence-corrected chi connectivity index (χ0v) is 14.5. The molecule has 0 aliphatic heterocycles. The first kappa shape index (κ1) is 17.6. The van der Waals surface area contributed by atoms with E-state index in [-0.39, 0.29) is 22.2 Å². The van der Waals surface area contributed by atoms with Gasteiger partial charge in [-0.05, 0) is 30.3 Å². The molecule has 0 spiro atoms. The highest BCUT2D eigenvalue weighted by Crippen LogP contribution is 2.20. The van der Waals surface area contributed by atoms with Crippen molar-refractivity contribution in [3.63, 3.8) is 0 Å². The Balaban J connectivity index is 1.74. The van der Waals surface area contributed by atoms with E-state index in [9.17, 15) is 23.6 Å². The number of nitrogens with zero attached hydrogens (tertiary/aromatic N) is 5. The standard InChI is InChI=1S/C18H13F2N5O3/c1-23-16-5-2-10(7-13(16)17(26)25(28)18(23)27)15-9-24(22-21-15)8-11-6-12(19)3-4-14(11)20/h2-7,9,28H,8H2,1H3. The summed E-state index contributed by atoms with van der Waals surface area (Å²) in [5, 5.41) is 17.6. The first-order valence-electron chi connectivity index (χ1n) is 8.14. The van der Waals surface area contributed by atoms with Crippen LogP contribution in [0.5, 0.6) is 0 Å². The smallest absolute Gasteiger partial charge is 0.364 e. The maximum absolute atomic E-state index is 13.8. The molecule has 0 bridgehead atoms. The number of halogens is 2. The third-order valence-corrected chi connectivity index (χ3v) is 4.42. The Morgan fingerprint density at radius 3 is 2.68 bits per heavy atom. The molecular weight excluding hydrogens is 372 g/mol. The van der Waals surface area contributed by atoms with E-state index >= 15 is 0 Å². The highest BCUT2D eigenvalue weighted by Gasteiger charge is 2.13. The van der Waals surface area contributed by atoms with Crippen molar-refractivity contribution in [2.45, 2.75) is 6.54 Å². The third kappa shape index (κ3) is 2.84. The quantitative estimate of drug-likeness (QED) is 0.540. The highest BCUT2D eigenvalue weighted by molar-refractivity contribution is 5.83. The Morgan fingerprint density at radius 1 is 1.11 bits per heavy atom. The molecule has 0 radical (unpaired) electrons. The lowest BCUT2D eigenvalue weighted by Crippen LogP contribution is -2.37. The predicted molar refractivity (Wildman–Crippen MR) is 95.1 cm³/mol. The molecule has 1 N–H and O–H groups in total. The van der Waals surface area contributed by atoms with E-state index in [4.69, 9.17) is 0 Å². The number of aryl methyl sites for hydroxylation is 1. The lowest BCUT2D eigenvalue weighted by atomic mass is 10.1. The number of fused-ring (bicyclic) bond motifs is 1. The SMILES string of the molecule is Cn1c(=O)n(O)c(=O)c2cc(-c3cn(Cc4cc(F)ccc4F)nn3)ccc21. The van der Waals surface area contributed by atoms with Crippen LogP contribution in [0.15, 0.2) is 52.2 Å². The van der Waals surface area contributed by atoms with E-state index in [2.05, 4.69) is 10.3 Å². The number of aromatic nitrogens is 5. The Bertz CT molecular complexity index is 1340. The van der Waals surface area contributed by atoms with Crippen molar-refractivity contribution in [2.75, 3.05) is 0 Å². The maximum atomic E-state index is 13.8. The molecule has 0 saturated carbocycles. The summed E-state index contributed by atoms with van der Waals surface area (Å²) in [6.45, 7) is -0.0257. The lowest BCUT2D eigenvalue weighted by Gasteiger charge is -2.07. The highest BCUT2D eigenvalue weighted by atomic mass is 19.1. The number of benzene rings is 2. The van der Waals surface area contributed by atoms with Crippen molar-refractivity contribution >= 4 is 10.9 Å². The topological polar surface area (TPSA) is 94.9 Å². The van der Waals surface area contributed by atoms with Crippen LogP contribution < -0.4 is 11.2 Å². The van der Waals surface area contributed by atoms with Gasteiger partial charge in [-0.3, -0.25) is 9.36 Å². The van der Waals surface area contributed by atoms with Gasteiger partial charge in [0, 0.05) is 18.2 Å². The molecule has 0 saturated heterocycles. The molecule has 2 heterocycles. The summed E-state index contributed by atoms with van der Waals surface area (Å²) in [5.74, 6) is -1.12. The van der Waals surface area contributed by atoms with Gasteiger partial charge in [-0.25, -0.2) is 18.3 Å². The van der Waals surface area contributed by atoms with Crippen LogP contribution in [0.4, 0.5) is 8.78 Å². The molecule has 142 valence electrons. The molecule has 8 nitrogen and oxygen atoms in total. The Morgan fingerprint density at radius 2 is 1.89 bits per heavy atom. The maximum Gasteiger partial charge on any atom is 0.364 e. The zero-order valence-electron chi connectivity index (χ0n) is 14.5. The van der Waals surface area contributed by atoms with E-state index in [0.717, 1.165) is 22.8 Å². The minimum atomic E-state index is -0.853. The molecule has 0 atom stereocenters. The van der Waals surface area contributed by atoms with E-state index in [0.29, 0.717) is 16.8 Å². The van der Waals surface area contributed by atoms with Crippen LogP contribution in [0.2, 0.25) is 0 Å². The summed E-state index contributed by atoms with van der Waals surface area (Å²) in [4.78, 5) is 24.0. The second kappa shape index (κ2) is 6.41. The van der Waals surface area contributed by atoms with Gasteiger partial charge in [-0.1, -0.05) is 16.0 Å². The Kier molecular flexibility index (Phi) is 4.03. The Hall–Kier alpha value is -3.82. The van der Waals surface area contributed by atoms with Crippen LogP contribution in [0.25, 0.3) is 22.2 Å². The largest absolute Gasteiger partial charge is 0.421 e. The summed E-state index contributed by atoms with van der Waals surface area (Å²) in [6.07, 6.45) is 1.52. The van der Waals surface area contributed by atoms with E-state index in [1.807, 2.05) is 0 Å². The van der Waals surface area contributed by atoms with Crippen LogP contribution in [0, 0.1) is 11.6 Å². The monoisotopic (exact) mass is 385 g/mol. The molecule has 2 aromatic carbocycles. The first-order chi connectivity index (χ1) is 13.3. The summed E-state index contributed by atoms with van der Waals surface area (Å²) in [6, 6.07) is 7.81. The van der Waals surface area contributed by atoms with Gasteiger partial charge in [-0.15, -0.1) is 5.10 Å². The average molecular weight is 385 g/mol. The average Bonchev–Trinajstić information content (AvgIpc) is 3.15. The van der Waals surface area contributed by atoms with E-state index in [1.165, 1.54) is 24.0 Å². The van der Waals surface area contributed by atoms with Gasteiger partial charge in [-0.2, -0.15) is 0 Å². The summed E-state index contributed by atoms with van der Waals surface area (Å²) in [5.41, 5.74) is -0.348. The molecule has 0 unspecified atom stereocenters. The van der Waals surface area contributed by atoms with Crippen LogP contribution in [-0.4, -0.2) is 29.5 Å². The van der Waals surface area contributed by atoms with E-state index < -0.39 is 22.9 Å². The third-order valence-electron chi connectivity index (χ3n) is 4.42. The van der Waals surface area contributed by atoms with Crippen molar-refractivity contribution in [2.24, 2.45) is 7.05 Å². The van der Waals surface area contributed by atoms with Gasteiger partial charge < -0.3 is 5.21 Å². The van der Waals surface area contributed by atoms with Gasteiger partial charge in [0.1, 0.15) is 17.3 Å².